The van der Waals surface area contributed by atoms with Gasteiger partial charge in [0.1, 0.15) is 5.75 Å². The third-order valence-electron chi connectivity index (χ3n) is 5.03. The predicted molar refractivity (Wildman–Crippen MR) is 130 cm³/mol. The normalized spacial score (nSPS) is 11.6. The molecule has 3 heteroatoms. The Kier molecular flexibility index (Phi) is 8.49. The number of nitrogens with zero attached hydrogens (tertiary/aromatic N) is 1. The van der Waals surface area contributed by atoms with Gasteiger partial charge in [-0.15, -0.1) is 0 Å². The predicted octanol–water partition coefficient (Wildman–Crippen LogP) is 7.48. The average Bonchev–Trinajstić information content (AvgIpc) is 2.73. The van der Waals surface area contributed by atoms with Crippen molar-refractivity contribution in [1.82, 2.24) is 4.90 Å². The standard InChI is InChI=1S/C27H34NOP/c1-22(2)30(23(3)4)29-27-17-11-16-26(18-27)21-28(19-24-12-7-5-8-13-24)20-25-14-9-6-10-15-25/h5-18,22-23H,19-21H2,1-4H3. The Labute approximate surface area is 183 Å². The van der Waals surface area contributed by atoms with Crippen molar-refractivity contribution in [3.63, 3.8) is 0 Å². The highest BCUT2D eigenvalue weighted by Crippen LogP contribution is 2.47. The Bertz CT molecular complexity index is 830. The van der Waals surface area contributed by atoms with Gasteiger partial charge in [-0.25, -0.2) is 0 Å². The maximum atomic E-state index is 6.44. The van der Waals surface area contributed by atoms with Crippen LogP contribution in [0.4, 0.5) is 0 Å². The summed E-state index contributed by atoms with van der Waals surface area (Å²) in [6.07, 6.45) is 0. The summed E-state index contributed by atoms with van der Waals surface area (Å²) >= 11 is 0. The third-order valence-corrected chi connectivity index (χ3v) is 7.49. The van der Waals surface area contributed by atoms with Gasteiger partial charge in [0.05, 0.1) is 8.15 Å². The van der Waals surface area contributed by atoms with Crippen molar-refractivity contribution in [3.8, 4) is 5.75 Å². The van der Waals surface area contributed by atoms with Gasteiger partial charge in [-0.2, -0.15) is 0 Å². The van der Waals surface area contributed by atoms with Crippen LogP contribution in [0.1, 0.15) is 44.4 Å². The first-order valence-corrected chi connectivity index (χ1v) is 12.3. The molecule has 0 aliphatic carbocycles. The zero-order valence-corrected chi connectivity index (χ0v) is 19.6. The van der Waals surface area contributed by atoms with E-state index in [1.54, 1.807) is 0 Å². The van der Waals surface area contributed by atoms with Crippen molar-refractivity contribution in [2.24, 2.45) is 0 Å². The van der Waals surface area contributed by atoms with Crippen molar-refractivity contribution < 1.29 is 4.52 Å². The Balaban J connectivity index is 1.76. The molecule has 0 bridgehead atoms. The molecule has 0 atom stereocenters. The van der Waals surface area contributed by atoms with E-state index in [0.717, 1.165) is 25.4 Å². The highest BCUT2D eigenvalue weighted by molar-refractivity contribution is 7.54. The minimum Gasteiger partial charge on any atom is -0.474 e. The third kappa shape index (κ3) is 6.97. The first-order chi connectivity index (χ1) is 14.5. The minimum atomic E-state index is -0.481. The van der Waals surface area contributed by atoms with Crippen LogP contribution in [-0.4, -0.2) is 16.2 Å². The van der Waals surface area contributed by atoms with Crippen molar-refractivity contribution in [3.05, 3.63) is 102 Å². The molecule has 158 valence electrons. The second kappa shape index (κ2) is 11.3. The zero-order chi connectivity index (χ0) is 21.3. The van der Waals surface area contributed by atoms with Gasteiger partial charge < -0.3 is 4.52 Å². The van der Waals surface area contributed by atoms with E-state index in [1.165, 1.54) is 16.7 Å². The molecule has 0 aliphatic heterocycles. The smallest absolute Gasteiger partial charge is 0.123 e. The summed E-state index contributed by atoms with van der Waals surface area (Å²) in [6, 6.07) is 30.1. The maximum absolute atomic E-state index is 6.44. The summed E-state index contributed by atoms with van der Waals surface area (Å²) in [5.41, 5.74) is 5.07. The highest BCUT2D eigenvalue weighted by Gasteiger charge is 2.20. The van der Waals surface area contributed by atoms with Crippen LogP contribution in [-0.2, 0) is 19.6 Å². The van der Waals surface area contributed by atoms with E-state index < -0.39 is 8.15 Å². The van der Waals surface area contributed by atoms with E-state index in [-0.39, 0.29) is 0 Å². The second-order valence-corrected chi connectivity index (χ2v) is 11.4. The lowest BCUT2D eigenvalue weighted by molar-refractivity contribution is 0.247. The fourth-order valence-electron chi connectivity index (χ4n) is 3.74. The molecule has 0 heterocycles. The van der Waals surface area contributed by atoms with Gasteiger partial charge >= 0.3 is 0 Å². The molecular formula is C27H34NOP. The van der Waals surface area contributed by atoms with Gasteiger partial charge in [-0.05, 0) is 28.8 Å². The molecule has 0 spiro atoms. The van der Waals surface area contributed by atoms with Crippen molar-refractivity contribution in [2.45, 2.75) is 58.6 Å². The summed E-state index contributed by atoms with van der Waals surface area (Å²) in [6.45, 7) is 11.8. The lowest BCUT2D eigenvalue weighted by Gasteiger charge is -2.26. The maximum Gasteiger partial charge on any atom is 0.123 e. The molecule has 0 N–H and O–H groups in total. The number of hydrogen-bond donors (Lipinski definition) is 0. The summed E-state index contributed by atoms with van der Waals surface area (Å²) in [5, 5.41) is 0. The molecular weight excluding hydrogens is 385 g/mol. The van der Waals surface area contributed by atoms with Crippen LogP contribution >= 0.6 is 8.15 Å². The largest absolute Gasteiger partial charge is 0.474 e. The van der Waals surface area contributed by atoms with Crippen molar-refractivity contribution >= 4 is 8.15 Å². The van der Waals surface area contributed by atoms with E-state index in [0.29, 0.717) is 11.3 Å². The summed E-state index contributed by atoms with van der Waals surface area (Å²) in [4.78, 5) is 2.50. The average molecular weight is 420 g/mol. The Hall–Kier alpha value is -2.15. The Morgan fingerprint density at radius 1 is 0.633 bits per heavy atom. The van der Waals surface area contributed by atoms with Crippen LogP contribution in [0.3, 0.4) is 0 Å². The number of hydrogen-bond acceptors (Lipinski definition) is 2. The second-order valence-electron chi connectivity index (χ2n) is 8.40. The molecule has 2 nitrogen and oxygen atoms in total. The molecule has 0 unspecified atom stereocenters. The molecule has 0 radical (unpaired) electrons. The molecule has 0 saturated heterocycles. The SMILES string of the molecule is CC(C)P(Oc1cccc(CN(Cc2ccccc2)Cc2ccccc2)c1)C(C)C. The Morgan fingerprint density at radius 3 is 1.60 bits per heavy atom. The minimum absolute atomic E-state index is 0.481. The molecule has 0 aromatic heterocycles. The number of rotatable bonds is 10. The van der Waals surface area contributed by atoms with Gasteiger partial charge in [0.25, 0.3) is 0 Å². The molecule has 30 heavy (non-hydrogen) atoms. The van der Waals surface area contributed by atoms with Crippen LogP contribution < -0.4 is 4.52 Å². The summed E-state index contributed by atoms with van der Waals surface area (Å²) < 4.78 is 6.44. The quantitative estimate of drug-likeness (QED) is 0.316. The van der Waals surface area contributed by atoms with E-state index in [2.05, 4.69) is 118 Å². The van der Waals surface area contributed by atoms with Crippen LogP contribution in [0.2, 0.25) is 0 Å². The van der Waals surface area contributed by atoms with Crippen LogP contribution in [0.15, 0.2) is 84.9 Å². The summed E-state index contributed by atoms with van der Waals surface area (Å²) in [5.74, 6) is 1.00. The van der Waals surface area contributed by atoms with Crippen molar-refractivity contribution in [1.29, 1.82) is 0 Å². The monoisotopic (exact) mass is 419 g/mol. The molecule has 0 fully saturated rings. The van der Waals surface area contributed by atoms with E-state index in [4.69, 9.17) is 4.52 Å². The topological polar surface area (TPSA) is 12.5 Å². The first kappa shape index (κ1) is 22.5. The van der Waals surface area contributed by atoms with Gasteiger partial charge in [0.2, 0.25) is 0 Å². The molecule has 0 amide bonds. The fraction of sp³-hybridized carbons (Fsp3) is 0.333. The van der Waals surface area contributed by atoms with Gasteiger partial charge in [0.15, 0.2) is 0 Å². The highest BCUT2D eigenvalue weighted by atomic mass is 31.1. The zero-order valence-electron chi connectivity index (χ0n) is 18.7. The van der Waals surface area contributed by atoms with Gasteiger partial charge in [0, 0.05) is 31.0 Å². The van der Waals surface area contributed by atoms with E-state index in [1.807, 2.05) is 0 Å². The van der Waals surface area contributed by atoms with Crippen LogP contribution in [0.25, 0.3) is 0 Å². The molecule has 3 rings (SSSR count). The molecule has 0 saturated carbocycles. The Morgan fingerprint density at radius 2 is 1.10 bits per heavy atom. The molecule has 3 aromatic rings. The fourth-order valence-corrected chi connectivity index (χ4v) is 5.71. The van der Waals surface area contributed by atoms with E-state index in [9.17, 15) is 0 Å². The van der Waals surface area contributed by atoms with E-state index >= 15 is 0 Å². The van der Waals surface area contributed by atoms with Gasteiger partial charge in [-0.3, -0.25) is 4.90 Å². The lowest BCUT2D eigenvalue weighted by atomic mass is 10.1. The lowest BCUT2D eigenvalue weighted by Crippen LogP contribution is -2.22. The van der Waals surface area contributed by atoms with Crippen LogP contribution in [0.5, 0.6) is 5.75 Å². The number of benzene rings is 3. The van der Waals surface area contributed by atoms with Crippen LogP contribution in [0, 0.1) is 0 Å². The molecule has 3 aromatic carbocycles. The van der Waals surface area contributed by atoms with Crippen molar-refractivity contribution in [2.75, 3.05) is 0 Å². The van der Waals surface area contributed by atoms with Gasteiger partial charge in [-0.1, -0.05) is 100 Å². The summed E-state index contributed by atoms with van der Waals surface area (Å²) in [7, 11) is -0.481. The molecule has 0 aliphatic rings. The first-order valence-electron chi connectivity index (χ1n) is 10.9.